The molecule has 1 amide bonds. The van der Waals surface area contributed by atoms with E-state index in [0.717, 1.165) is 22.4 Å². The number of halogens is 1. The Balaban J connectivity index is 1.60. The molecule has 1 N–H and O–H groups in total. The summed E-state index contributed by atoms with van der Waals surface area (Å²) in [6.07, 6.45) is 0. The average Bonchev–Trinajstić information content (AvgIpc) is 3.05. The Labute approximate surface area is 156 Å². The van der Waals surface area contributed by atoms with Crippen LogP contribution < -0.4 is 5.32 Å². The van der Waals surface area contributed by atoms with E-state index in [2.05, 4.69) is 27.0 Å². The molecular formula is C22H18FN3O. The molecule has 0 aliphatic carbocycles. The zero-order chi connectivity index (χ0) is 18.6. The first kappa shape index (κ1) is 17.0. The zero-order valence-electron chi connectivity index (χ0n) is 14.6. The Morgan fingerprint density at radius 3 is 2.41 bits per heavy atom. The fraction of sp³-hybridized carbons (Fsp3) is 0.0909. The van der Waals surface area contributed by atoms with Gasteiger partial charge in [0, 0.05) is 12.1 Å². The molecule has 4 aromatic rings. The van der Waals surface area contributed by atoms with Crippen molar-refractivity contribution < 1.29 is 9.18 Å². The molecule has 0 fully saturated rings. The van der Waals surface area contributed by atoms with Crippen molar-refractivity contribution in [1.82, 2.24) is 14.9 Å². The van der Waals surface area contributed by atoms with Crippen molar-refractivity contribution in [1.29, 1.82) is 0 Å². The highest BCUT2D eigenvalue weighted by Crippen LogP contribution is 2.18. The van der Waals surface area contributed by atoms with Crippen LogP contribution in [0.4, 0.5) is 4.39 Å². The fourth-order valence-corrected chi connectivity index (χ4v) is 3.07. The van der Waals surface area contributed by atoms with E-state index in [9.17, 15) is 9.18 Å². The van der Waals surface area contributed by atoms with Crippen molar-refractivity contribution in [3.63, 3.8) is 0 Å². The van der Waals surface area contributed by atoms with Crippen LogP contribution in [-0.2, 0) is 13.1 Å². The quantitative estimate of drug-likeness (QED) is 0.582. The number of hydrogen-bond acceptors (Lipinski definition) is 2. The summed E-state index contributed by atoms with van der Waals surface area (Å²) >= 11 is 0. The molecule has 134 valence electrons. The summed E-state index contributed by atoms with van der Waals surface area (Å²) in [4.78, 5) is 17.0. The van der Waals surface area contributed by atoms with Gasteiger partial charge in [0.05, 0.1) is 17.6 Å². The lowest BCUT2D eigenvalue weighted by atomic mass is 10.2. The SMILES string of the molecule is O=C(NCc1nc2ccccc2n1Cc1ccccc1)c1ccc(F)cc1. The highest BCUT2D eigenvalue weighted by molar-refractivity contribution is 5.94. The van der Waals surface area contributed by atoms with E-state index in [1.165, 1.54) is 24.3 Å². The first-order valence-electron chi connectivity index (χ1n) is 8.72. The molecule has 5 heteroatoms. The maximum Gasteiger partial charge on any atom is 0.251 e. The number of aromatic nitrogens is 2. The highest BCUT2D eigenvalue weighted by Gasteiger charge is 2.13. The van der Waals surface area contributed by atoms with Gasteiger partial charge in [0.1, 0.15) is 11.6 Å². The minimum Gasteiger partial charge on any atom is -0.345 e. The summed E-state index contributed by atoms with van der Waals surface area (Å²) in [6.45, 7) is 0.959. The monoisotopic (exact) mass is 359 g/mol. The molecule has 1 aromatic heterocycles. The Bertz CT molecular complexity index is 1070. The Hall–Kier alpha value is -3.47. The molecule has 0 aliphatic rings. The summed E-state index contributed by atoms with van der Waals surface area (Å²) in [6, 6.07) is 23.5. The first-order valence-corrected chi connectivity index (χ1v) is 8.72. The molecule has 0 saturated carbocycles. The van der Waals surface area contributed by atoms with Crippen LogP contribution in [0, 0.1) is 5.82 Å². The third-order valence-corrected chi connectivity index (χ3v) is 4.43. The molecular weight excluding hydrogens is 341 g/mol. The van der Waals surface area contributed by atoms with Crippen molar-refractivity contribution >= 4 is 16.9 Å². The predicted molar refractivity (Wildman–Crippen MR) is 103 cm³/mol. The molecule has 4 rings (SSSR count). The molecule has 0 aliphatic heterocycles. The maximum absolute atomic E-state index is 13.0. The second kappa shape index (κ2) is 7.41. The molecule has 0 radical (unpaired) electrons. The van der Waals surface area contributed by atoms with Crippen LogP contribution in [0.2, 0.25) is 0 Å². The zero-order valence-corrected chi connectivity index (χ0v) is 14.6. The summed E-state index contributed by atoms with van der Waals surface area (Å²) in [5, 5.41) is 2.88. The number of para-hydroxylation sites is 2. The number of nitrogens with zero attached hydrogens (tertiary/aromatic N) is 2. The summed E-state index contributed by atoms with van der Waals surface area (Å²) in [7, 11) is 0. The molecule has 27 heavy (non-hydrogen) atoms. The van der Waals surface area contributed by atoms with Crippen LogP contribution in [0.1, 0.15) is 21.7 Å². The first-order chi connectivity index (χ1) is 13.2. The minimum absolute atomic E-state index is 0.256. The number of benzene rings is 3. The largest absolute Gasteiger partial charge is 0.345 e. The lowest BCUT2D eigenvalue weighted by Crippen LogP contribution is -2.24. The van der Waals surface area contributed by atoms with E-state index in [1.807, 2.05) is 42.5 Å². The molecule has 0 atom stereocenters. The predicted octanol–water partition coefficient (Wildman–Crippen LogP) is 4.15. The molecule has 4 nitrogen and oxygen atoms in total. The summed E-state index contributed by atoms with van der Waals surface area (Å²) in [5.74, 6) is 0.153. The number of carbonyl (C=O) groups excluding carboxylic acids is 1. The van der Waals surface area contributed by atoms with Crippen molar-refractivity contribution in [3.8, 4) is 0 Å². The van der Waals surface area contributed by atoms with E-state index in [1.54, 1.807) is 0 Å². The number of nitrogens with one attached hydrogen (secondary N) is 1. The minimum atomic E-state index is -0.365. The van der Waals surface area contributed by atoms with Gasteiger partial charge < -0.3 is 9.88 Å². The van der Waals surface area contributed by atoms with Crippen LogP contribution in [0.5, 0.6) is 0 Å². The van der Waals surface area contributed by atoms with Gasteiger partial charge in [0.15, 0.2) is 0 Å². The second-order valence-electron chi connectivity index (χ2n) is 6.28. The number of fused-ring (bicyclic) bond motifs is 1. The Morgan fingerprint density at radius 2 is 1.63 bits per heavy atom. The van der Waals surface area contributed by atoms with Crippen LogP contribution in [0.3, 0.4) is 0 Å². The summed E-state index contributed by atoms with van der Waals surface area (Å²) < 4.78 is 15.1. The number of hydrogen-bond donors (Lipinski definition) is 1. The van der Waals surface area contributed by atoms with Crippen molar-refractivity contribution in [2.45, 2.75) is 13.1 Å². The smallest absolute Gasteiger partial charge is 0.251 e. The van der Waals surface area contributed by atoms with Crippen molar-refractivity contribution in [2.24, 2.45) is 0 Å². The average molecular weight is 359 g/mol. The summed E-state index contributed by atoms with van der Waals surface area (Å²) in [5.41, 5.74) is 3.49. The lowest BCUT2D eigenvalue weighted by molar-refractivity contribution is 0.0949. The number of imidazole rings is 1. The molecule has 0 unspecified atom stereocenters. The van der Waals surface area contributed by atoms with Crippen LogP contribution >= 0.6 is 0 Å². The van der Waals surface area contributed by atoms with E-state index < -0.39 is 0 Å². The topological polar surface area (TPSA) is 46.9 Å². The molecule has 1 heterocycles. The molecule has 0 bridgehead atoms. The van der Waals surface area contributed by atoms with Gasteiger partial charge >= 0.3 is 0 Å². The fourth-order valence-electron chi connectivity index (χ4n) is 3.07. The second-order valence-corrected chi connectivity index (χ2v) is 6.28. The van der Waals surface area contributed by atoms with E-state index in [4.69, 9.17) is 0 Å². The van der Waals surface area contributed by atoms with Gasteiger partial charge in [-0.2, -0.15) is 0 Å². The van der Waals surface area contributed by atoms with Gasteiger partial charge in [0.25, 0.3) is 5.91 Å². The van der Waals surface area contributed by atoms with Gasteiger partial charge in [-0.05, 0) is 42.0 Å². The van der Waals surface area contributed by atoms with Gasteiger partial charge in [-0.1, -0.05) is 42.5 Å². The Kier molecular flexibility index (Phi) is 4.66. The van der Waals surface area contributed by atoms with Crippen molar-refractivity contribution in [3.05, 3.63) is 102 Å². The highest BCUT2D eigenvalue weighted by atomic mass is 19.1. The normalized spacial score (nSPS) is 10.9. The molecule has 3 aromatic carbocycles. The van der Waals surface area contributed by atoms with Crippen LogP contribution in [0.25, 0.3) is 11.0 Å². The van der Waals surface area contributed by atoms with Gasteiger partial charge in [0.2, 0.25) is 0 Å². The number of rotatable bonds is 5. The van der Waals surface area contributed by atoms with E-state index >= 15 is 0 Å². The maximum atomic E-state index is 13.0. The molecule has 0 saturated heterocycles. The third-order valence-electron chi connectivity index (χ3n) is 4.43. The van der Waals surface area contributed by atoms with Gasteiger partial charge in [-0.15, -0.1) is 0 Å². The van der Waals surface area contributed by atoms with E-state index in [0.29, 0.717) is 12.1 Å². The standard InChI is InChI=1S/C22H18FN3O/c23-18-12-10-17(11-13-18)22(27)24-14-21-25-19-8-4-5-9-20(19)26(21)15-16-6-2-1-3-7-16/h1-13H,14-15H2,(H,24,27). The third kappa shape index (κ3) is 3.72. The van der Waals surface area contributed by atoms with Gasteiger partial charge in [-0.25, -0.2) is 9.37 Å². The van der Waals surface area contributed by atoms with Crippen LogP contribution in [-0.4, -0.2) is 15.5 Å². The Morgan fingerprint density at radius 1 is 0.926 bits per heavy atom. The molecule has 0 spiro atoms. The number of carbonyl (C=O) groups is 1. The van der Waals surface area contributed by atoms with Crippen LogP contribution in [0.15, 0.2) is 78.9 Å². The number of amides is 1. The van der Waals surface area contributed by atoms with E-state index in [-0.39, 0.29) is 18.3 Å². The lowest BCUT2D eigenvalue weighted by Gasteiger charge is -2.10. The van der Waals surface area contributed by atoms with Crippen molar-refractivity contribution in [2.75, 3.05) is 0 Å². The van der Waals surface area contributed by atoms with Gasteiger partial charge in [-0.3, -0.25) is 4.79 Å².